The third kappa shape index (κ3) is 1.82. The second-order valence-electron chi connectivity index (χ2n) is 5.02. The predicted octanol–water partition coefficient (Wildman–Crippen LogP) is 3.03. The molecule has 0 atom stereocenters. The summed E-state index contributed by atoms with van der Waals surface area (Å²) in [6.45, 7) is 2.29. The third-order valence-electron chi connectivity index (χ3n) is 3.53. The van der Waals surface area contributed by atoms with E-state index < -0.39 is 0 Å². The lowest BCUT2D eigenvalue weighted by molar-refractivity contribution is 0.309. The summed E-state index contributed by atoms with van der Waals surface area (Å²) in [7, 11) is 0. The molecule has 1 aliphatic carbocycles. The monoisotopic (exact) mass is 227 g/mol. The van der Waals surface area contributed by atoms with Gasteiger partial charge < -0.3 is 11.1 Å². The van der Waals surface area contributed by atoms with Gasteiger partial charge in [0.15, 0.2) is 0 Å². The van der Waals surface area contributed by atoms with Gasteiger partial charge in [0.25, 0.3) is 0 Å². The highest BCUT2D eigenvalue weighted by molar-refractivity contribution is 5.98. The second kappa shape index (κ2) is 3.91. The number of nitrogens with two attached hydrogens (primary N) is 1. The standard InChI is InChI=1S/C14H17N3/c1-9-7-10(8-9)17-13-5-4-12(15)14-11(13)3-2-6-16-14/h2-6,9-10,17H,7-8,15H2,1H3. The zero-order chi connectivity index (χ0) is 11.8. The van der Waals surface area contributed by atoms with Gasteiger partial charge in [-0.1, -0.05) is 6.92 Å². The molecule has 1 aliphatic rings. The van der Waals surface area contributed by atoms with Crippen LogP contribution < -0.4 is 11.1 Å². The van der Waals surface area contributed by atoms with Crippen molar-refractivity contribution >= 4 is 22.3 Å². The van der Waals surface area contributed by atoms with Crippen LogP contribution in [0.15, 0.2) is 30.5 Å². The smallest absolute Gasteiger partial charge is 0.0951 e. The van der Waals surface area contributed by atoms with Gasteiger partial charge in [-0.05, 0) is 43.0 Å². The Morgan fingerprint density at radius 3 is 2.88 bits per heavy atom. The molecule has 2 aromatic rings. The van der Waals surface area contributed by atoms with Crippen LogP contribution in [0.3, 0.4) is 0 Å². The Labute approximate surface area is 101 Å². The average Bonchev–Trinajstić information content (AvgIpc) is 2.31. The molecule has 3 N–H and O–H groups in total. The van der Waals surface area contributed by atoms with Gasteiger partial charge in [-0.2, -0.15) is 0 Å². The Balaban J connectivity index is 1.96. The SMILES string of the molecule is CC1CC(Nc2ccc(N)c3ncccc23)C1. The maximum absolute atomic E-state index is 5.93. The van der Waals surface area contributed by atoms with E-state index in [0.29, 0.717) is 6.04 Å². The number of nitrogens with one attached hydrogen (secondary N) is 1. The zero-order valence-electron chi connectivity index (χ0n) is 9.98. The Hall–Kier alpha value is -1.77. The van der Waals surface area contributed by atoms with Crippen LogP contribution >= 0.6 is 0 Å². The van der Waals surface area contributed by atoms with Gasteiger partial charge in [0.2, 0.25) is 0 Å². The number of nitrogen functional groups attached to an aromatic ring is 1. The molecular formula is C14H17N3. The first-order valence-corrected chi connectivity index (χ1v) is 6.14. The molecule has 0 amide bonds. The summed E-state index contributed by atoms with van der Waals surface area (Å²) in [4.78, 5) is 4.34. The van der Waals surface area contributed by atoms with Crippen molar-refractivity contribution in [2.45, 2.75) is 25.8 Å². The van der Waals surface area contributed by atoms with Crippen LogP contribution in [0, 0.1) is 5.92 Å². The van der Waals surface area contributed by atoms with E-state index in [9.17, 15) is 0 Å². The normalized spacial score (nSPS) is 23.4. The highest BCUT2D eigenvalue weighted by atomic mass is 14.9. The average molecular weight is 227 g/mol. The lowest BCUT2D eigenvalue weighted by Gasteiger charge is -2.34. The lowest BCUT2D eigenvalue weighted by atomic mass is 9.82. The number of pyridine rings is 1. The molecule has 1 aromatic heterocycles. The number of nitrogens with zero attached hydrogens (tertiary/aromatic N) is 1. The van der Waals surface area contributed by atoms with Crippen LogP contribution in [0.4, 0.5) is 11.4 Å². The topological polar surface area (TPSA) is 50.9 Å². The summed E-state index contributed by atoms with van der Waals surface area (Å²) < 4.78 is 0. The van der Waals surface area contributed by atoms with Crippen molar-refractivity contribution in [3.05, 3.63) is 30.5 Å². The van der Waals surface area contributed by atoms with E-state index in [4.69, 9.17) is 5.73 Å². The molecule has 0 aliphatic heterocycles. The molecule has 0 unspecified atom stereocenters. The van der Waals surface area contributed by atoms with Crippen LogP contribution in [-0.4, -0.2) is 11.0 Å². The lowest BCUT2D eigenvalue weighted by Crippen LogP contribution is -2.33. The maximum atomic E-state index is 5.93. The Morgan fingerprint density at radius 2 is 2.12 bits per heavy atom. The van der Waals surface area contributed by atoms with Gasteiger partial charge in [-0.3, -0.25) is 4.98 Å². The first-order chi connectivity index (χ1) is 8.24. The largest absolute Gasteiger partial charge is 0.397 e. The van der Waals surface area contributed by atoms with E-state index in [1.165, 1.54) is 12.8 Å². The van der Waals surface area contributed by atoms with E-state index in [-0.39, 0.29) is 0 Å². The number of aromatic nitrogens is 1. The van der Waals surface area contributed by atoms with E-state index in [1.807, 2.05) is 12.1 Å². The van der Waals surface area contributed by atoms with Gasteiger partial charge in [0.05, 0.1) is 11.2 Å². The van der Waals surface area contributed by atoms with Crippen LogP contribution in [0.25, 0.3) is 10.9 Å². The van der Waals surface area contributed by atoms with Crippen LogP contribution in [0.5, 0.6) is 0 Å². The minimum Gasteiger partial charge on any atom is -0.397 e. The number of hydrogen-bond donors (Lipinski definition) is 2. The number of hydrogen-bond acceptors (Lipinski definition) is 3. The minimum absolute atomic E-state index is 0.608. The first-order valence-electron chi connectivity index (χ1n) is 6.14. The van der Waals surface area contributed by atoms with Crippen molar-refractivity contribution in [1.29, 1.82) is 0 Å². The summed E-state index contributed by atoms with van der Waals surface area (Å²) in [5.74, 6) is 0.852. The molecule has 1 aromatic carbocycles. The van der Waals surface area contributed by atoms with Crippen molar-refractivity contribution in [2.75, 3.05) is 11.1 Å². The summed E-state index contributed by atoms with van der Waals surface area (Å²) in [5.41, 5.74) is 8.72. The van der Waals surface area contributed by atoms with Crippen molar-refractivity contribution in [3.63, 3.8) is 0 Å². The molecule has 1 fully saturated rings. The van der Waals surface area contributed by atoms with Crippen LogP contribution in [0.2, 0.25) is 0 Å². The molecule has 0 saturated heterocycles. The summed E-state index contributed by atoms with van der Waals surface area (Å²) in [5, 5.41) is 4.70. The van der Waals surface area contributed by atoms with Gasteiger partial charge in [-0.25, -0.2) is 0 Å². The van der Waals surface area contributed by atoms with Crippen LogP contribution in [0.1, 0.15) is 19.8 Å². The molecule has 1 heterocycles. The fraction of sp³-hybridized carbons (Fsp3) is 0.357. The van der Waals surface area contributed by atoms with Gasteiger partial charge in [0, 0.05) is 23.3 Å². The molecule has 3 rings (SSSR count). The fourth-order valence-electron chi connectivity index (χ4n) is 2.56. The van der Waals surface area contributed by atoms with Crippen LogP contribution in [-0.2, 0) is 0 Å². The minimum atomic E-state index is 0.608. The number of fused-ring (bicyclic) bond motifs is 1. The second-order valence-corrected chi connectivity index (χ2v) is 5.02. The molecule has 88 valence electrons. The molecular weight excluding hydrogens is 210 g/mol. The molecule has 17 heavy (non-hydrogen) atoms. The fourth-order valence-corrected chi connectivity index (χ4v) is 2.56. The molecule has 3 heteroatoms. The number of benzene rings is 1. The summed E-state index contributed by atoms with van der Waals surface area (Å²) in [6, 6.07) is 8.62. The van der Waals surface area contributed by atoms with Crippen molar-refractivity contribution < 1.29 is 0 Å². The maximum Gasteiger partial charge on any atom is 0.0951 e. The highest BCUT2D eigenvalue weighted by Gasteiger charge is 2.25. The van der Waals surface area contributed by atoms with Crippen molar-refractivity contribution in [3.8, 4) is 0 Å². The van der Waals surface area contributed by atoms with E-state index in [1.54, 1.807) is 6.20 Å². The molecule has 0 spiro atoms. The Morgan fingerprint density at radius 1 is 1.29 bits per heavy atom. The Bertz CT molecular complexity index is 544. The van der Waals surface area contributed by atoms with E-state index in [2.05, 4.69) is 29.4 Å². The van der Waals surface area contributed by atoms with Gasteiger partial charge in [0.1, 0.15) is 0 Å². The Kier molecular flexibility index (Phi) is 2.39. The predicted molar refractivity (Wildman–Crippen MR) is 72.0 cm³/mol. The molecule has 0 radical (unpaired) electrons. The van der Waals surface area contributed by atoms with Crippen molar-refractivity contribution in [2.24, 2.45) is 5.92 Å². The van der Waals surface area contributed by atoms with Gasteiger partial charge >= 0.3 is 0 Å². The van der Waals surface area contributed by atoms with Crippen molar-refractivity contribution in [1.82, 2.24) is 4.98 Å². The number of rotatable bonds is 2. The van der Waals surface area contributed by atoms with E-state index >= 15 is 0 Å². The summed E-state index contributed by atoms with van der Waals surface area (Å²) >= 11 is 0. The highest BCUT2D eigenvalue weighted by Crippen LogP contribution is 2.33. The first kappa shape index (κ1) is 10.4. The van der Waals surface area contributed by atoms with E-state index in [0.717, 1.165) is 28.2 Å². The zero-order valence-corrected chi connectivity index (χ0v) is 9.98. The molecule has 0 bridgehead atoms. The number of anilines is 2. The summed E-state index contributed by atoms with van der Waals surface area (Å²) in [6.07, 6.45) is 4.30. The quantitative estimate of drug-likeness (QED) is 0.775. The molecule has 3 nitrogen and oxygen atoms in total. The molecule has 1 saturated carbocycles. The third-order valence-corrected chi connectivity index (χ3v) is 3.53. The van der Waals surface area contributed by atoms with Gasteiger partial charge in [-0.15, -0.1) is 0 Å².